The van der Waals surface area contributed by atoms with E-state index in [0.717, 1.165) is 103 Å². The zero-order valence-electron chi connectivity index (χ0n) is 46.0. The second kappa shape index (κ2) is 49.5. The van der Waals surface area contributed by atoms with Crippen molar-refractivity contribution in [1.29, 1.82) is 0 Å². The second-order valence-corrected chi connectivity index (χ2v) is 19.7. The molecule has 1 rings (SSSR count). The Hall–Kier alpha value is -3.42. The molecule has 1 fully saturated rings. The fourth-order valence-electron chi connectivity index (χ4n) is 8.41. The third-order valence-corrected chi connectivity index (χ3v) is 13.0. The normalized spacial score (nSPS) is 20.1. The van der Waals surface area contributed by atoms with Gasteiger partial charge in [0.1, 0.15) is 24.4 Å². The van der Waals surface area contributed by atoms with E-state index in [1.165, 1.54) is 70.6 Å². The smallest absolute Gasteiger partial charge is 0.306 e. The summed E-state index contributed by atoms with van der Waals surface area (Å²) < 4.78 is 17.5. The van der Waals surface area contributed by atoms with Gasteiger partial charge in [-0.05, 0) is 83.5 Å². The molecule has 0 saturated carbocycles. The third-order valence-electron chi connectivity index (χ3n) is 13.0. The molecule has 11 nitrogen and oxygen atoms in total. The summed E-state index contributed by atoms with van der Waals surface area (Å²) >= 11 is 0. The van der Waals surface area contributed by atoms with Crippen LogP contribution in [0, 0.1) is 0 Å². The van der Waals surface area contributed by atoms with Crippen molar-refractivity contribution in [1.82, 2.24) is 5.32 Å². The molecule has 0 radical (unpaired) electrons. The van der Waals surface area contributed by atoms with Crippen molar-refractivity contribution < 1.29 is 49.3 Å². The number of hydrogen-bond acceptors (Lipinski definition) is 10. The lowest BCUT2D eigenvalue weighted by atomic mass is 9.99. The molecule has 1 saturated heterocycles. The molecule has 1 aliphatic heterocycles. The largest absolute Gasteiger partial charge is 0.454 e. The topological polar surface area (TPSA) is 175 Å². The molecular weight excluding hydrogens is 919 g/mol. The number of hydrogen-bond donors (Lipinski definition) is 6. The van der Waals surface area contributed by atoms with Crippen molar-refractivity contribution in [3.05, 3.63) is 97.2 Å². The number of amides is 1. The number of aliphatic hydroxyl groups is 5. The highest BCUT2D eigenvalue weighted by Crippen LogP contribution is 2.26. The maximum Gasteiger partial charge on any atom is 0.306 e. The van der Waals surface area contributed by atoms with Gasteiger partial charge in [0, 0.05) is 6.42 Å². The van der Waals surface area contributed by atoms with Gasteiger partial charge < -0.3 is 45.1 Å². The summed E-state index contributed by atoms with van der Waals surface area (Å²) in [5.74, 6) is -1.27. The Bertz CT molecular complexity index is 1550. The summed E-state index contributed by atoms with van der Waals surface area (Å²) in [6.07, 6.45) is 54.5. The van der Waals surface area contributed by atoms with Gasteiger partial charge in [-0.1, -0.05) is 227 Å². The first-order valence-corrected chi connectivity index (χ1v) is 29.0. The molecule has 8 atom stereocenters. The summed E-state index contributed by atoms with van der Waals surface area (Å²) in [7, 11) is 0. The number of nitrogens with one attached hydrogen (secondary N) is 1. The second-order valence-electron chi connectivity index (χ2n) is 19.7. The van der Waals surface area contributed by atoms with Gasteiger partial charge in [-0.15, -0.1) is 0 Å². The van der Waals surface area contributed by atoms with Gasteiger partial charge in [-0.2, -0.15) is 0 Å². The Morgan fingerprint density at radius 1 is 0.562 bits per heavy atom. The molecule has 11 heteroatoms. The molecule has 0 aromatic heterocycles. The highest BCUT2D eigenvalue weighted by atomic mass is 16.7. The molecule has 8 unspecified atom stereocenters. The van der Waals surface area contributed by atoms with Crippen molar-refractivity contribution in [3.8, 4) is 0 Å². The predicted octanol–water partition coefficient (Wildman–Crippen LogP) is 13.2. The molecule has 73 heavy (non-hydrogen) atoms. The lowest BCUT2D eigenvalue weighted by Gasteiger charge is -2.41. The Balaban J connectivity index is 2.79. The number of esters is 1. The van der Waals surface area contributed by atoms with Crippen molar-refractivity contribution >= 4 is 11.9 Å². The molecule has 1 heterocycles. The van der Waals surface area contributed by atoms with E-state index in [9.17, 15) is 35.1 Å². The van der Waals surface area contributed by atoms with Crippen LogP contribution >= 0.6 is 0 Å². The van der Waals surface area contributed by atoms with Crippen LogP contribution < -0.4 is 5.32 Å². The maximum absolute atomic E-state index is 13.4. The van der Waals surface area contributed by atoms with E-state index in [1.807, 2.05) is 30.4 Å². The first kappa shape index (κ1) is 67.6. The van der Waals surface area contributed by atoms with Crippen molar-refractivity contribution in [2.45, 2.75) is 269 Å². The standard InChI is InChI=1S/C62H105NO10/c1-4-7-10-13-16-19-22-25-27-29-31-34-37-40-43-46-49-55(66)61(70)63-53(54(65)48-45-42-39-36-33-30-24-21-18-15-12-9-6-3)52-71-62-60(59(69)58(68)56(51-64)72-62)73-57(67)50-47-44-41-38-35-32-28-26-23-20-17-14-11-8-5-2/h8,11,14,16-17,19-20,23,25,27,31,34,40,43,45,48,53-56,58-60,62,64-66,68-69H,4-7,9-10,12-13,15,18,21-22,24,26,28-30,32-33,35-39,41-42,44,46-47,49-52H2,1-3H3,(H,63,70)/b11-8+,17-14+,19-16-,23-20+,27-25-,34-31-,43-40-,48-45+. The lowest BCUT2D eigenvalue weighted by Crippen LogP contribution is -2.61. The van der Waals surface area contributed by atoms with Crippen molar-refractivity contribution in [2.24, 2.45) is 0 Å². The van der Waals surface area contributed by atoms with Gasteiger partial charge >= 0.3 is 5.97 Å². The van der Waals surface area contributed by atoms with E-state index in [-0.39, 0.29) is 19.4 Å². The fourth-order valence-corrected chi connectivity index (χ4v) is 8.41. The zero-order chi connectivity index (χ0) is 53.3. The lowest BCUT2D eigenvalue weighted by molar-refractivity contribution is -0.305. The quantitative estimate of drug-likeness (QED) is 0.0149. The van der Waals surface area contributed by atoms with Gasteiger partial charge in [0.25, 0.3) is 0 Å². The van der Waals surface area contributed by atoms with Crippen molar-refractivity contribution in [2.75, 3.05) is 13.2 Å². The summed E-state index contributed by atoms with van der Waals surface area (Å²) in [6.45, 7) is 5.57. The molecule has 418 valence electrons. The van der Waals surface area contributed by atoms with Crippen LogP contribution in [0.5, 0.6) is 0 Å². The number of carbonyl (C=O) groups excluding carboxylic acids is 2. The van der Waals surface area contributed by atoms with Crippen LogP contribution in [0.1, 0.15) is 220 Å². The molecule has 0 spiro atoms. The molecule has 1 amide bonds. The van der Waals surface area contributed by atoms with Crippen LogP contribution in [0.15, 0.2) is 97.2 Å². The summed E-state index contributed by atoms with van der Waals surface area (Å²) in [5.41, 5.74) is 0. The molecule has 6 N–H and O–H groups in total. The van der Waals surface area contributed by atoms with Crippen LogP contribution in [-0.2, 0) is 23.8 Å². The van der Waals surface area contributed by atoms with E-state index >= 15 is 0 Å². The Kier molecular flexibility index (Phi) is 45.8. The Morgan fingerprint density at radius 2 is 1.04 bits per heavy atom. The minimum absolute atomic E-state index is 0.0987. The average molecular weight is 1020 g/mol. The first-order chi connectivity index (χ1) is 35.7. The van der Waals surface area contributed by atoms with Gasteiger partial charge in [-0.25, -0.2) is 0 Å². The zero-order valence-corrected chi connectivity index (χ0v) is 46.0. The van der Waals surface area contributed by atoms with Gasteiger partial charge in [0.05, 0.1) is 25.4 Å². The molecule has 0 aromatic rings. The van der Waals surface area contributed by atoms with Crippen LogP contribution in [0.2, 0.25) is 0 Å². The van der Waals surface area contributed by atoms with Gasteiger partial charge in [0.15, 0.2) is 12.4 Å². The molecule has 1 aliphatic rings. The monoisotopic (exact) mass is 1020 g/mol. The minimum atomic E-state index is -1.63. The fraction of sp³-hybridized carbons (Fsp3) is 0.710. The van der Waals surface area contributed by atoms with Crippen molar-refractivity contribution in [3.63, 3.8) is 0 Å². The van der Waals surface area contributed by atoms with E-state index < -0.39 is 67.4 Å². The van der Waals surface area contributed by atoms with E-state index in [2.05, 4.69) is 86.8 Å². The molecular formula is C62H105NO10. The summed E-state index contributed by atoms with van der Waals surface area (Å²) in [6, 6.07) is -1.06. The van der Waals surface area contributed by atoms with Gasteiger partial charge in [0.2, 0.25) is 5.91 Å². The van der Waals surface area contributed by atoms with E-state index in [0.29, 0.717) is 12.8 Å². The molecule has 0 aliphatic carbocycles. The third kappa shape index (κ3) is 37.9. The maximum atomic E-state index is 13.4. The number of aliphatic hydroxyl groups excluding tert-OH is 5. The van der Waals surface area contributed by atoms with Crippen LogP contribution in [0.25, 0.3) is 0 Å². The van der Waals surface area contributed by atoms with Crippen LogP contribution in [0.3, 0.4) is 0 Å². The Morgan fingerprint density at radius 3 is 1.62 bits per heavy atom. The number of unbranched alkanes of at least 4 members (excludes halogenated alkanes) is 21. The SMILES string of the molecule is CC/C=C/C=C/C=C/CCCCCCCCCC(=O)OC1C(OCC(NC(=O)C(O)CC/C=C\C/C=C\C/C=C\C/C=C\CCCCC)C(O)/C=C/CCCCCCCCCCCCC)OC(CO)C(O)C1O. The first-order valence-electron chi connectivity index (χ1n) is 29.0. The number of allylic oxidation sites excluding steroid dienone is 15. The Labute approximate surface area is 444 Å². The number of carbonyl (C=O) groups is 2. The van der Waals surface area contributed by atoms with Gasteiger partial charge in [-0.3, -0.25) is 9.59 Å². The van der Waals surface area contributed by atoms with Crippen LogP contribution in [-0.4, -0.2) is 99.6 Å². The number of ether oxygens (including phenoxy) is 3. The van der Waals surface area contributed by atoms with E-state index in [1.54, 1.807) is 6.08 Å². The van der Waals surface area contributed by atoms with Crippen LogP contribution in [0.4, 0.5) is 0 Å². The average Bonchev–Trinajstić information content (AvgIpc) is 3.39. The minimum Gasteiger partial charge on any atom is -0.454 e. The summed E-state index contributed by atoms with van der Waals surface area (Å²) in [5, 5.41) is 56.8. The molecule has 0 aromatic carbocycles. The van der Waals surface area contributed by atoms with E-state index in [4.69, 9.17) is 14.2 Å². The highest BCUT2D eigenvalue weighted by molar-refractivity contribution is 5.80. The highest BCUT2D eigenvalue weighted by Gasteiger charge is 2.47. The predicted molar refractivity (Wildman–Crippen MR) is 301 cm³/mol. The summed E-state index contributed by atoms with van der Waals surface area (Å²) in [4.78, 5) is 26.4. The molecule has 0 bridgehead atoms. The number of rotatable bonds is 47.